The molecular weight excluding hydrogens is 423 g/mol. The number of rotatable bonds is 5. The van der Waals surface area contributed by atoms with Crippen LogP contribution in [0.2, 0.25) is 0 Å². The number of likely N-dealkylation sites (tertiary alicyclic amines) is 1. The average Bonchev–Trinajstić information content (AvgIpc) is 3.15. The molecule has 32 heavy (non-hydrogen) atoms. The molecule has 0 bridgehead atoms. The van der Waals surface area contributed by atoms with Crippen LogP contribution in [0.4, 0.5) is 13.2 Å². The van der Waals surface area contributed by atoms with E-state index in [0.717, 1.165) is 12.1 Å². The fourth-order valence-corrected chi connectivity index (χ4v) is 4.15. The van der Waals surface area contributed by atoms with Crippen LogP contribution >= 0.6 is 0 Å². The SMILES string of the molecule is COCc1nc2cc(C(F)(F)F)ccc2n1C1CCN(C(=O)C(=O)c2ccccc2)CC1. The maximum absolute atomic E-state index is 13.1. The third kappa shape index (κ3) is 4.25. The molecule has 0 aliphatic carbocycles. The van der Waals surface area contributed by atoms with Gasteiger partial charge in [0.15, 0.2) is 0 Å². The molecular formula is C23H22F3N3O3. The van der Waals surface area contributed by atoms with Gasteiger partial charge in [-0.25, -0.2) is 4.98 Å². The Morgan fingerprint density at radius 3 is 2.41 bits per heavy atom. The van der Waals surface area contributed by atoms with Crippen molar-refractivity contribution in [3.8, 4) is 0 Å². The smallest absolute Gasteiger partial charge is 0.377 e. The Hall–Kier alpha value is -3.20. The first-order valence-electron chi connectivity index (χ1n) is 10.2. The number of carbonyl (C=O) groups is 2. The second-order valence-electron chi connectivity index (χ2n) is 7.75. The number of carbonyl (C=O) groups excluding carboxylic acids is 2. The van der Waals surface area contributed by atoms with Crippen LogP contribution in [0, 0.1) is 0 Å². The van der Waals surface area contributed by atoms with Crippen molar-refractivity contribution in [3.05, 3.63) is 65.5 Å². The van der Waals surface area contributed by atoms with Gasteiger partial charge in [-0.05, 0) is 31.0 Å². The second-order valence-corrected chi connectivity index (χ2v) is 7.75. The largest absolute Gasteiger partial charge is 0.416 e. The number of ether oxygens (including phenoxy) is 1. The van der Waals surface area contributed by atoms with E-state index in [1.54, 1.807) is 30.3 Å². The Morgan fingerprint density at radius 2 is 1.78 bits per heavy atom. The zero-order chi connectivity index (χ0) is 22.9. The summed E-state index contributed by atoms with van der Waals surface area (Å²) in [7, 11) is 1.50. The van der Waals surface area contributed by atoms with E-state index in [4.69, 9.17) is 4.74 Å². The minimum Gasteiger partial charge on any atom is -0.377 e. The average molecular weight is 445 g/mol. The maximum atomic E-state index is 13.1. The van der Waals surface area contributed by atoms with E-state index in [1.807, 2.05) is 4.57 Å². The van der Waals surface area contributed by atoms with Crippen molar-refractivity contribution >= 4 is 22.7 Å². The van der Waals surface area contributed by atoms with E-state index >= 15 is 0 Å². The molecule has 1 aromatic heterocycles. The van der Waals surface area contributed by atoms with Crippen LogP contribution in [0.5, 0.6) is 0 Å². The molecule has 0 radical (unpaired) electrons. The van der Waals surface area contributed by atoms with E-state index in [-0.39, 0.29) is 18.2 Å². The number of piperidine rings is 1. The second kappa shape index (κ2) is 8.74. The molecule has 1 aliphatic rings. The number of halogens is 3. The predicted octanol–water partition coefficient (Wildman–Crippen LogP) is 4.25. The molecule has 2 aromatic carbocycles. The van der Waals surface area contributed by atoms with Gasteiger partial charge < -0.3 is 14.2 Å². The summed E-state index contributed by atoms with van der Waals surface area (Å²) in [5, 5.41) is 0. The Morgan fingerprint density at radius 1 is 1.09 bits per heavy atom. The van der Waals surface area contributed by atoms with Crippen molar-refractivity contribution < 1.29 is 27.5 Å². The van der Waals surface area contributed by atoms with Crippen LogP contribution in [-0.2, 0) is 22.3 Å². The quantitative estimate of drug-likeness (QED) is 0.435. The molecule has 1 aliphatic heterocycles. The lowest BCUT2D eigenvalue weighted by atomic mass is 10.0. The molecule has 2 heterocycles. The Bertz CT molecular complexity index is 1130. The molecule has 1 fully saturated rings. The molecule has 0 saturated carbocycles. The molecule has 168 valence electrons. The summed E-state index contributed by atoms with van der Waals surface area (Å²) in [5.74, 6) is -0.555. The third-order valence-electron chi connectivity index (χ3n) is 5.71. The maximum Gasteiger partial charge on any atom is 0.416 e. The van der Waals surface area contributed by atoms with Gasteiger partial charge in [0, 0.05) is 31.8 Å². The highest BCUT2D eigenvalue weighted by molar-refractivity contribution is 6.42. The minimum absolute atomic E-state index is 0.0715. The van der Waals surface area contributed by atoms with E-state index in [1.165, 1.54) is 18.1 Å². The van der Waals surface area contributed by atoms with Crippen molar-refractivity contribution in [1.29, 1.82) is 0 Å². The van der Waals surface area contributed by atoms with Crippen LogP contribution in [0.3, 0.4) is 0 Å². The zero-order valence-corrected chi connectivity index (χ0v) is 17.4. The number of Topliss-reactive ketones (excluding diaryl/α,β-unsaturated/α-hetero) is 1. The first-order valence-corrected chi connectivity index (χ1v) is 10.2. The first kappa shape index (κ1) is 22.0. The predicted molar refractivity (Wildman–Crippen MR) is 111 cm³/mol. The van der Waals surface area contributed by atoms with Gasteiger partial charge in [-0.2, -0.15) is 13.2 Å². The number of hydrogen-bond acceptors (Lipinski definition) is 4. The molecule has 6 nitrogen and oxygen atoms in total. The first-order chi connectivity index (χ1) is 15.3. The van der Waals surface area contributed by atoms with Crippen molar-refractivity contribution in [2.24, 2.45) is 0 Å². The third-order valence-corrected chi connectivity index (χ3v) is 5.71. The number of imidazole rings is 1. The number of nitrogens with zero attached hydrogens (tertiary/aromatic N) is 3. The number of hydrogen-bond donors (Lipinski definition) is 0. The van der Waals surface area contributed by atoms with E-state index in [2.05, 4.69) is 4.98 Å². The fraction of sp³-hybridized carbons (Fsp3) is 0.348. The highest BCUT2D eigenvalue weighted by Gasteiger charge is 2.33. The molecule has 1 saturated heterocycles. The number of alkyl halides is 3. The van der Waals surface area contributed by atoms with Gasteiger partial charge in [-0.3, -0.25) is 9.59 Å². The van der Waals surface area contributed by atoms with Gasteiger partial charge in [-0.15, -0.1) is 0 Å². The standard InChI is InChI=1S/C23H22F3N3O3/c1-32-14-20-27-18-13-16(23(24,25)26)7-8-19(18)29(20)17-9-11-28(12-10-17)22(31)21(30)15-5-3-2-4-6-15/h2-8,13,17H,9-12,14H2,1H3. The summed E-state index contributed by atoms with van der Waals surface area (Å²) in [6, 6.07) is 11.9. The minimum atomic E-state index is -4.45. The molecule has 3 aromatic rings. The lowest BCUT2D eigenvalue weighted by Gasteiger charge is -2.33. The van der Waals surface area contributed by atoms with Gasteiger partial charge in [-0.1, -0.05) is 30.3 Å². The van der Waals surface area contributed by atoms with Gasteiger partial charge in [0.2, 0.25) is 5.78 Å². The summed E-state index contributed by atoms with van der Waals surface area (Å²) in [4.78, 5) is 31.0. The number of methoxy groups -OCH3 is 1. The molecule has 0 spiro atoms. The molecule has 9 heteroatoms. The number of benzene rings is 2. The van der Waals surface area contributed by atoms with Gasteiger partial charge in [0.25, 0.3) is 5.91 Å². The number of aromatic nitrogens is 2. The Balaban J connectivity index is 1.55. The molecule has 1 amide bonds. The summed E-state index contributed by atoms with van der Waals surface area (Å²) in [6.07, 6.45) is -3.34. The van der Waals surface area contributed by atoms with Gasteiger partial charge >= 0.3 is 6.18 Å². The topological polar surface area (TPSA) is 64.4 Å². The molecule has 0 N–H and O–H groups in total. The van der Waals surface area contributed by atoms with Gasteiger partial charge in [0.1, 0.15) is 12.4 Å². The number of ketones is 1. The number of fused-ring (bicyclic) bond motifs is 1. The summed E-state index contributed by atoms with van der Waals surface area (Å²) < 4.78 is 46.4. The van der Waals surface area contributed by atoms with Crippen molar-refractivity contribution in [3.63, 3.8) is 0 Å². The number of amides is 1. The lowest BCUT2D eigenvalue weighted by Crippen LogP contribution is -2.42. The Kier molecular flexibility index (Phi) is 6.01. The summed E-state index contributed by atoms with van der Waals surface area (Å²) >= 11 is 0. The highest BCUT2D eigenvalue weighted by atomic mass is 19.4. The van der Waals surface area contributed by atoms with Crippen LogP contribution in [-0.4, -0.2) is 46.3 Å². The lowest BCUT2D eigenvalue weighted by molar-refractivity contribution is -0.137. The zero-order valence-electron chi connectivity index (χ0n) is 17.4. The van der Waals surface area contributed by atoms with Crippen molar-refractivity contribution in [2.75, 3.05) is 20.2 Å². The fourth-order valence-electron chi connectivity index (χ4n) is 4.15. The van der Waals surface area contributed by atoms with Crippen LogP contribution in [0.25, 0.3) is 11.0 Å². The Labute approximate surface area is 182 Å². The monoisotopic (exact) mass is 445 g/mol. The normalized spacial score (nSPS) is 15.3. The van der Waals surface area contributed by atoms with E-state index < -0.39 is 23.4 Å². The van der Waals surface area contributed by atoms with Crippen molar-refractivity contribution in [2.45, 2.75) is 31.7 Å². The van der Waals surface area contributed by atoms with Crippen LogP contribution in [0.15, 0.2) is 48.5 Å². The van der Waals surface area contributed by atoms with Crippen molar-refractivity contribution in [1.82, 2.24) is 14.5 Å². The van der Waals surface area contributed by atoms with Crippen LogP contribution < -0.4 is 0 Å². The molecule has 4 rings (SSSR count). The van der Waals surface area contributed by atoms with Crippen LogP contribution in [0.1, 0.15) is 40.6 Å². The molecule has 0 atom stereocenters. The van der Waals surface area contributed by atoms with Gasteiger partial charge in [0.05, 0.1) is 16.6 Å². The summed E-state index contributed by atoms with van der Waals surface area (Å²) in [6.45, 7) is 0.894. The highest BCUT2D eigenvalue weighted by Crippen LogP contribution is 2.34. The van der Waals surface area contributed by atoms with E-state index in [9.17, 15) is 22.8 Å². The van der Waals surface area contributed by atoms with E-state index in [0.29, 0.717) is 42.8 Å². The summed E-state index contributed by atoms with van der Waals surface area (Å²) in [5.41, 5.74) is 0.446. The molecule has 0 unspecified atom stereocenters.